The van der Waals surface area contributed by atoms with Crippen LogP contribution in [0.2, 0.25) is 51.4 Å². The average molecular weight is 1370 g/mol. The van der Waals surface area contributed by atoms with Gasteiger partial charge >= 0.3 is 19.1 Å². The molecule has 24 heteroatoms. The number of hydrogen-bond acceptors (Lipinski definition) is 20. The van der Waals surface area contributed by atoms with Crippen molar-refractivity contribution in [1.82, 2.24) is 0 Å². The monoisotopic (exact) mass is 1360 g/mol. The maximum absolute atomic E-state index is 14.0. The van der Waals surface area contributed by atoms with Crippen LogP contribution in [0.4, 0.5) is 0 Å². The zero-order chi connectivity index (χ0) is 63.4. The Morgan fingerprint density at radius 3 is 1.34 bits per heavy atom. The number of fused-ring (bicyclic) bond motifs is 4. The number of benzene rings is 4. The minimum absolute atomic E-state index is 0. The Hall–Kier alpha value is -6.75. The molecule has 0 unspecified atom stereocenters. The van der Waals surface area contributed by atoms with Crippen molar-refractivity contribution in [2.45, 2.75) is 107 Å². The number of aryl methyl sites for hydroxylation is 2. The molecule has 2 aliphatic rings. The standard InChI is InChI=1S/C31H36O9Si.C17H23BO6Si.C14H15IO5.2CH4/c1-18-12-26-28(27(19(18)2)31(34)37-10-11-41(5,6)7)30(33)23(15-38-26)21-9-8-20-13-24(39-16-35-3)25(40-17-36-4)14-22(20)29(21)32;1-10-8-13-15(16(19)12(9-24-13)18(21)22)14(11(10)2)17(20)23-6-7-25(3,4)5;1-17-7-19-12-5-9-3-4-11(15)14(16)10(9)6-13(12)20-8-18-2;;/h9,12-15H,8,10-11,16-17H2,1-7H3;8-9,21-22H,6-7H2,1-5H3;4-6H,3,7-8H2,1-2H3;2*1H4. The van der Waals surface area contributed by atoms with Crippen LogP contribution >= 0.6 is 22.6 Å². The van der Waals surface area contributed by atoms with E-state index in [-0.39, 0.29) is 116 Å². The number of allylic oxidation sites excluding steroid dienone is 4. The van der Waals surface area contributed by atoms with Crippen molar-refractivity contribution < 1.29 is 85.4 Å². The van der Waals surface area contributed by atoms with Gasteiger partial charge in [-0.2, -0.15) is 0 Å². The average Bonchev–Trinajstić information content (AvgIpc) is 1.25. The summed E-state index contributed by atoms with van der Waals surface area (Å²) in [5.74, 6) is 0.188. The van der Waals surface area contributed by atoms with Crippen LogP contribution < -0.4 is 35.3 Å². The molecule has 0 fully saturated rings. The molecule has 20 nitrogen and oxygen atoms in total. The second-order valence-electron chi connectivity index (χ2n) is 22.8. The first-order chi connectivity index (χ1) is 40.7. The number of ketones is 2. The largest absolute Gasteiger partial charge is 0.495 e. The van der Waals surface area contributed by atoms with Crippen LogP contribution in [0.1, 0.15) is 95.2 Å². The molecule has 2 aliphatic carbocycles. The summed E-state index contributed by atoms with van der Waals surface area (Å²) in [4.78, 5) is 78.4. The third-order valence-corrected chi connectivity index (χ3v) is 18.3. The molecule has 476 valence electrons. The van der Waals surface area contributed by atoms with E-state index >= 15 is 0 Å². The molecule has 0 bridgehead atoms. The topological polar surface area (TPSA) is 261 Å². The normalized spacial score (nSPS) is 12.6. The van der Waals surface area contributed by atoms with Gasteiger partial charge in [-0.05, 0) is 145 Å². The van der Waals surface area contributed by atoms with Crippen molar-refractivity contribution in [2.24, 2.45) is 0 Å². The molecule has 6 aromatic rings. The molecule has 88 heavy (non-hydrogen) atoms. The van der Waals surface area contributed by atoms with E-state index in [0.717, 1.165) is 38.6 Å². The zero-order valence-corrected chi connectivity index (χ0v) is 55.2. The molecule has 0 atom stereocenters. The fourth-order valence-corrected chi connectivity index (χ4v) is 10.9. The third-order valence-electron chi connectivity index (χ3n) is 14.0. The lowest BCUT2D eigenvalue weighted by atomic mass is 9.80. The van der Waals surface area contributed by atoms with Crippen LogP contribution in [0.3, 0.4) is 0 Å². The highest BCUT2D eigenvalue weighted by Crippen LogP contribution is 2.38. The molecule has 2 N–H and O–H groups in total. The molecule has 2 aromatic heterocycles. The first-order valence-electron chi connectivity index (χ1n) is 27.4. The number of hydrogen-bond donors (Lipinski definition) is 2. The second kappa shape index (κ2) is 32.6. The maximum Gasteiger partial charge on any atom is 0.495 e. The molecule has 0 aliphatic heterocycles. The highest BCUT2D eigenvalue weighted by Gasteiger charge is 2.31. The fraction of sp³-hybridized carbons (Fsp3) is 0.406. The summed E-state index contributed by atoms with van der Waals surface area (Å²) >= 11 is 2.05. The smallest absolute Gasteiger partial charge is 0.464 e. The molecular formula is C64H82BIO20Si2. The van der Waals surface area contributed by atoms with Gasteiger partial charge in [-0.15, -0.1) is 0 Å². The third kappa shape index (κ3) is 18.2. The van der Waals surface area contributed by atoms with Crippen molar-refractivity contribution in [2.75, 3.05) is 68.8 Å². The van der Waals surface area contributed by atoms with Gasteiger partial charge in [-0.25, -0.2) is 9.59 Å². The number of halogens is 1. The zero-order valence-electron chi connectivity index (χ0n) is 51.0. The summed E-state index contributed by atoms with van der Waals surface area (Å²) < 4.78 is 65.0. The SMILES string of the molecule is C.C.COCOc1cc2c(cc1OCOC)C(=O)C(I)=CC2.COCOc1cc2c(cc1OCOC)C(=O)C(c1coc3cc(C)c(C)c(C(=O)OCC[Si](C)(C)C)c3c1=O)=CC2.Cc1cc2occ(B(O)O)c(=O)c2c(C(=O)OCC[Si](C)(C)C)c1C. The lowest BCUT2D eigenvalue weighted by Gasteiger charge is -2.20. The summed E-state index contributed by atoms with van der Waals surface area (Å²) in [6.45, 7) is 21.0. The van der Waals surface area contributed by atoms with Crippen molar-refractivity contribution >= 4 is 102 Å². The highest BCUT2D eigenvalue weighted by atomic mass is 127. The van der Waals surface area contributed by atoms with Crippen LogP contribution in [-0.4, -0.2) is 126 Å². The lowest BCUT2D eigenvalue weighted by molar-refractivity contribution is 0.0321. The van der Waals surface area contributed by atoms with Gasteiger partial charge in [0, 0.05) is 61.3 Å². The van der Waals surface area contributed by atoms with Crippen LogP contribution in [0.15, 0.2) is 83.1 Å². The van der Waals surface area contributed by atoms with Crippen LogP contribution in [-0.2, 0) is 41.3 Å². The van der Waals surface area contributed by atoms with Crippen LogP contribution in [0, 0.1) is 27.7 Å². The Morgan fingerprint density at radius 2 is 0.932 bits per heavy atom. The predicted molar refractivity (Wildman–Crippen MR) is 353 cm³/mol. The van der Waals surface area contributed by atoms with Crippen molar-refractivity contribution in [1.29, 1.82) is 0 Å². The summed E-state index contributed by atoms with van der Waals surface area (Å²) in [6, 6.07) is 11.8. The highest BCUT2D eigenvalue weighted by molar-refractivity contribution is 14.1. The van der Waals surface area contributed by atoms with Gasteiger partial charge in [0.15, 0.2) is 67.2 Å². The number of esters is 2. The van der Waals surface area contributed by atoms with E-state index in [9.17, 15) is 38.8 Å². The van der Waals surface area contributed by atoms with E-state index in [2.05, 4.69) is 39.3 Å². The van der Waals surface area contributed by atoms with Crippen molar-refractivity contribution in [3.05, 3.63) is 146 Å². The number of methoxy groups -OCH3 is 4. The molecule has 4 aromatic carbocycles. The van der Waals surface area contributed by atoms with E-state index < -0.39 is 46.1 Å². The Morgan fingerprint density at radius 1 is 0.545 bits per heavy atom. The van der Waals surface area contributed by atoms with E-state index in [1.165, 1.54) is 27.6 Å². The maximum atomic E-state index is 14.0. The molecule has 0 spiro atoms. The molecule has 0 saturated carbocycles. The van der Waals surface area contributed by atoms with E-state index in [1.807, 2.05) is 48.6 Å². The minimum Gasteiger partial charge on any atom is -0.464 e. The molecule has 0 saturated heterocycles. The molecule has 0 radical (unpaired) electrons. The number of rotatable bonds is 22. The molecule has 8 rings (SSSR count). The van der Waals surface area contributed by atoms with E-state index in [4.69, 9.17) is 56.2 Å². The van der Waals surface area contributed by atoms with Crippen molar-refractivity contribution in [3.63, 3.8) is 0 Å². The Kier molecular flexibility index (Phi) is 27.3. The number of Topliss-reactive ketones (excluding diaryl/α,β-unsaturated/α-hetero) is 2. The fourth-order valence-electron chi connectivity index (χ4n) is 8.97. The van der Waals surface area contributed by atoms with Crippen LogP contribution in [0.25, 0.3) is 27.5 Å². The number of ether oxygens (including phenoxy) is 10. The Bertz CT molecular complexity index is 3700. The first-order valence-corrected chi connectivity index (χ1v) is 35.9. The molecular weight excluding hydrogens is 1280 g/mol. The molecule has 2 heterocycles. The predicted octanol–water partition coefficient (Wildman–Crippen LogP) is 11.3. The van der Waals surface area contributed by atoms with Gasteiger partial charge in [0.05, 0.1) is 56.0 Å². The summed E-state index contributed by atoms with van der Waals surface area (Å²) in [7, 11) is 1.29. The van der Waals surface area contributed by atoms with E-state index in [0.29, 0.717) is 63.7 Å². The summed E-state index contributed by atoms with van der Waals surface area (Å²) in [5.41, 5.74) is 5.09. The lowest BCUT2D eigenvalue weighted by Crippen LogP contribution is -2.41. The van der Waals surface area contributed by atoms with E-state index in [1.54, 1.807) is 57.4 Å². The quantitative estimate of drug-likeness (QED) is 0.0277. The van der Waals surface area contributed by atoms with Gasteiger partial charge in [0.25, 0.3) is 0 Å². The number of carbonyl (C=O) groups is 4. The molecule has 0 amide bonds. The Balaban J connectivity index is 0.000000302. The first kappa shape index (κ1) is 73.7. The van der Waals surface area contributed by atoms with Gasteiger partial charge in [-0.3, -0.25) is 19.2 Å². The summed E-state index contributed by atoms with van der Waals surface area (Å²) in [5, 5.41) is 18.8. The van der Waals surface area contributed by atoms with Gasteiger partial charge in [0.1, 0.15) is 17.4 Å². The number of carbonyl (C=O) groups excluding carboxylic acids is 4. The van der Waals surface area contributed by atoms with Gasteiger partial charge in [-0.1, -0.05) is 66.3 Å². The van der Waals surface area contributed by atoms with Crippen LogP contribution in [0.5, 0.6) is 23.0 Å². The Labute approximate surface area is 529 Å². The minimum atomic E-state index is -1.97. The van der Waals surface area contributed by atoms with Crippen molar-refractivity contribution in [3.8, 4) is 23.0 Å². The van der Waals surface area contributed by atoms with Gasteiger partial charge < -0.3 is 66.3 Å². The van der Waals surface area contributed by atoms with Gasteiger partial charge in [0.2, 0.25) is 5.43 Å². The summed E-state index contributed by atoms with van der Waals surface area (Å²) in [6.07, 6.45) is 6.94. The second-order valence-corrected chi connectivity index (χ2v) is 35.2.